The van der Waals surface area contributed by atoms with Crippen LogP contribution in [0.1, 0.15) is 0 Å². The summed E-state index contributed by atoms with van der Waals surface area (Å²) in [7, 11) is 0. The molecule has 24 aromatic rings. The van der Waals surface area contributed by atoms with Gasteiger partial charge in [0.1, 0.15) is 0 Å². The zero-order valence-electron chi connectivity index (χ0n) is 71.5. The highest BCUT2D eigenvalue weighted by Crippen LogP contribution is 2.45. The summed E-state index contributed by atoms with van der Waals surface area (Å²) in [5, 5.41) is 6.47. The van der Waals surface area contributed by atoms with Crippen molar-refractivity contribution in [3.63, 3.8) is 0 Å². The van der Waals surface area contributed by atoms with Crippen molar-refractivity contribution < 1.29 is 0 Å². The number of aromatic nitrogens is 10. The third kappa shape index (κ3) is 15.8. The van der Waals surface area contributed by atoms with E-state index in [9.17, 15) is 0 Å². The average molecular weight is 1680 g/mol. The zero-order chi connectivity index (χ0) is 87.6. The van der Waals surface area contributed by atoms with Gasteiger partial charge in [-0.05, 0) is 174 Å². The highest BCUT2D eigenvalue weighted by Gasteiger charge is 2.24. The van der Waals surface area contributed by atoms with E-state index in [0.717, 1.165) is 222 Å². The number of fused-ring (bicyclic) bond motifs is 6. The van der Waals surface area contributed by atoms with Gasteiger partial charge >= 0.3 is 0 Å². The van der Waals surface area contributed by atoms with Crippen LogP contribution in [0.4, 0.5) is 0 Å². The van der Waals surface area contributed by atoms with E-state index in [1.165, 1.54) is 11.1 Å². The Kier molecular flexibility index (Phi) is 20.8. The van der Waals surface area contributed by atoms with Crippen LogP contribution in [0.25, 0.3) is 245 Å². The van der Waals surface area contributed by atoms with E-state index >= 15 is 0 Å². The SMILES string of the molecule is c1ccc(-c2cccc(-c3cc(-c4cccc(-c5ccccc5)c4)c4nc(-c5ccc(-c6cnc7ccccc7n6)cc5)nc(-c5ccc(-c6cnc7ccccc7n6)cc5)c4c3)c2)cc1.c1ccc(-c2cccc(-c3cc(-c4cccc(-c5ccccc5)c4)c4nc(-c5ccc(-c6nccc7ccccc67)cc5)nc(-c5ccc(-c6nccc7ccccc67)cc5)c4c3)c2)cc1. The van der Waals surface area contributed by atoms with Crippen molar-refractivity contribution in [1.82, 2.24) is 49.8 Å². The van der Waals surface area contributed by atoms with Gasteiger partial charge in [0.15, 0.2) is 11.6 Å². The molecule has 0 saturated carbocycles. The molecule has 6 heterocycles. The van der Waals surface area contributed by atoms with Crippen LogP contribution in [0.2, 0.25) is 0 Å². The van der Waals surface area contributed by atoms with E-state index in [-0.39, 0.29) is 0 Å². The van der Waals surface area contributed by atoms with Crippen molar-refractivity contribution in [3.05, 3.63) is 474 Å². The molecule has 616 valence electrons. The molecule has 132 heavy (non-hydrogen) atoms. The quantitative estimate of drug-likeness (QED) is 0.0922. The molecular formula is C122H78N10. The predicted molar refractivity (Wildman–Crippen MR) is 543 cm³/mol. The Morgan fingerprint density at radius 3 is 0.788 bits per heavy atom. The monoisotopic (exact) mass is 1680 g/mol. The van der Waals surface area contributed by atoms with Crippen LogP contribution in [-0.2, 0) is 0 Å². The van der Waals surface area contributed by atoms with Crippen molar-refractivity contribution in [2.45, 2.75) is 0 Å². The smallest absolute Gasteiger partial charge is 0.160 e. The maximum absolute atomic E-state index is 5.53. The number of hydrogen-bond donors (Lipinski definition) is 0. The third-order valence-corrected chi connectivity index (χ3v) is 24.8. The van der Waals surface area contributed by atoms with E-state index in [1.54, 1.807) is 0 Å². The lowest BCUT2D eigenvalue weighted by Crippen LogP contribution is -1.98. The Hall–Kier alpha value is -17.9. The van der Waals surface area contributed by atoms with Crippen LogP contribution in [0.5, 0.6) is 0 Å². The van der Waals surface area contributed by atoms with Crippen molar-refractivity contribution in [2.75, 3.05) is 0 Å². The summed E-state index contributed by atoms with van der Waals surface area (Å²) in [5.41, 5.74) is 36.0. The van der Waals surface area contributed by atoms with Gasteiger partial charge in [-0.15, -0.1) is 0 Å². The molecule has 0 unspecified atom stereocenters. The lowest BCUT2D eigenvalue weighted by Gasteiger charge is -2.17. The second-order valence-electron chi connectivity index (χ2n) is 33.0. The Labute approximate surface area is 763 Å². The highest BCUT2D eigenvalue weighted by atomic mass is 14.9. The summed E-state index contributed by atoms with van der Waals surface area (Å²) in [5.74, 6) is 1.27. The molecule has 10 heteroatoms. The van der Waals surface area contributed by atoms with Gasteiger partial charge in [0, 0.05) is 89.6 Å². The summed E-state index contributed by atoms with van der Waals surface area (Å²) in [6, 6.07) is 157. The molecule has 0 atom stereocenters. The van der Waals surface area contributed by atoms with Gasteiger partial charge in [-0.3, -0.25) is 19.9 Å². The standard InChI is InChI=1S/C62H40N4.C60H38N6/c1-3-13-41(14-4-1)49-19-11-21-51(37-49)53-39-56(52-22-12-20-50(38-52)42-15-5-2-6-16-42)61-57(40-53)60(47-27-25-45(26-28-47)58-54-23-9-7-17-43(54)33-35-63-58)65-62(66-61)48-31-29-46(30-32-48)59-55-24-10-8-18-44(55)34-36-64-59;1-3-13-39(14-4-1)45-17-11-19-47(33-45)49-35-50(48-20-12-18-46(34-48)40-15-5-2-6-16-40)59-51(36-49)58(43-29-25-41(26-30-43)56-37-61-52-21-7-9-23-54(52)63-56)65-60(66-59)44-31-27-42(28-32-44)57-38-62-53-22-8-10-24-55(53)64-57/h1-40H;1-38H. The second kappa shape index (κ2) is 34.8. The lowest BCUT2D eigenvalue weighted by atomic mass is 9.91. The number of pyridine rings is 2. The molecule has 0 saturated heterocycles. The van der Waals surface area contributed by atoms with E-state index in [1.807, 2.05) is 73.3 Å². The fraction of sp³-hybridized carbons (Fsp3) is 0. The van der Waals surface area contributed by atoms with Crippen LogP contribution in [-0.4, -0.2) is 49.8 Å². The van der Waals surface area contributed by atoms with E-state index in [2.05, 4.69) is 405 Å². The van der Waals surface area contributed by atoms with Crippen molar-refractivity contribution in [1.29, 1.82) is 0 Å². The van der Waals surface area contributed by atoms with Crippen LogP contribution in [0.3, 0.4) is 0 Å². The Morgan fingerprint density at radius 1 is 0.144 bits per heavy atom. The maximum Gasteiger partial charge on any atom is 0.160 e. The first-order valence-electron chi connectivity index (χ1n) is 44.3. The first kappa shape index (κ1) is 78.8. The van der Waals surface area contributed by atoms with Crippen molar-refractivity contribution >= 4 is 65.4 Å². The molecule has 0 aliphatic rings. The van der Waals surface area contributed by atoms with E-state index < -0.39 is 0 Å². The third-order valence-electron chi connectivity index (χ3n) is 24.8. The number of hydrogen-bond acceptors (Lipinski definition) is 10. The van der Waals surface area contributed by atoms with Crippen molar-refractivity contribution in [3.8, 4) is 179 Å². The molecule has 0 amide bonds. The Balaban J connectivity index is 0.000000150. The van der Waals surface area contributed by atoms with Gasteiger partial charge in [0.2, 0.25) is 0 Å². The number of benzene rings is 18. The van der Waals surface area contributed by atoms with Gasteiger partial charge in [-0.25, -0.2) is 29.9 Å². The van der Waals surface area contributed by atoms with Crippen LogP contribution >= 0.6 is 0 Å². The summed E-state index contributed by atoms with van der Waals surface area (Å²) in [4.78, 5) is 50.9. The van der Waals surface area contributed by atoms with Gasteiger partial charge < -0.3 is 0 Å². The Morgan fingerprint density at radius 2 is 0.424 bits per heavy atom. The molecule has 0 aliphatic heterocycles. The van der Waals surface area contributed by atoms with Crippen LogP contribution < -0.4 is 0 Å². The van der Waals surface area contributed by atoms with Crippen LogP contribution in [0.15, 0.2) is 474 Å². The molecule has 0 N–H and O–H groups in total. The summed E-state index contributed by atoms with van der Waals surface area (Å²) in [6.07, 6.45) is 7.44. The van der Waals surface area contributed by atoms with Crippen molar-refractivity contribution in [2.24, 2.45) is 0 Å². The van der Waals surface area contributed by atoms with E-state index in [0.29, 0.717) is 11.6 Å². The predicted octanol–water partition coefficient (Wildman–Crippen LogP) is 30.9. The fourth-order valence-corrected chi connectivity index (χ4v) is 18.0. The first-order chi connectivity index (χ1) is 65.4. The van der Waals surface area contributed by atoms with Crippen LogP contribution in [0, 0.1) is 0 Å². The minimum atomic E-state index is 0.623. The largest absolute Gasteiger partial charge is 0.256 e. The molecule has 0 radical (unpaired) electrons. The second-order valence-corrected chi connectivity index (χ2v) is 33.0. The molecule has 24 rings (SSSR count). The highest BCUT2D eigenvalue weighted by molar-refractivity contribution is 6.08. The van der Waals surface area contributed by atoms with E-state index in [4.69, 9.17) is 44.9 Å². The molecular weight excluding hydrogens is 1610 g/mol. The van der Waals surface area contributed by atoms with Gasteiger partial charge in [0.25, 0.3) is 0 Å². The molecule has 18 aromatic carbocycles. The molecule has 0 fully saturated rings. The van der Waals surface area contributed by atoms with Gasteiger partial charge in [-0.2, -0.15) is 0 Å². The summed E-state index contributed by atoms with van der Waals surface area (Å²) >= 11 is 0. The fourth-order valence-electron chi connectivity index (χ4n) is 18.0. The number of nitrogens with zero attached hydrogens (tertiary/aromatic N) is 10. The van der Waals surface area contributed by atoms with Gasteiger partial charge in [-0.1, -0.05) is 364 Å². The molecule has 0 bridgehead atoms. The normalized spacial score (nSPS) is 11.3. The lowest BCUT2D eigenvalue weighted by molar-refractivity contribution is 1.23. The van der Waals surface area contributed by atoms with Gasteiger partial charge in [0.05, 0.1) is 79.7 Å². The molecule has 6 aromatic heterocycles. The zero-order valence-corrected chi connectivity index (χ0v) is 71.5. The average Bonchev–Trinajstić information content (AvgIpc) is 0.747. The maximum atomic E-state index is 5.53. The molecule has 0 spiro atoms. The number of rotatable bonds is 16. The molecule has 10 nitrogen and oxygen atoms in total. The minimum Gasteiger partial charge on any atom is -0.256 e. The Bertz CT molecular complexity index is 8460. The summed E-state index contributed by atoms with van der Waals surface area (Å²) < 4.78 is 0. The minimum absolute atomic E-state index is 0.623. The first-order valence-corrected chi connectivity index (χ1v) is 44.3. The summed E-state index contributed by atoms with van der Waals surface area (Å²) in [6.45, 7) is 0. The molecule has 0 aliphatic carbocycles. The number of para-hydroxylation sites is 4. The topological polar surface area (TPSA) is 129 Å².